The van der Waals surface area contributed by atoms with Gasteiger partial charge in [0.05, 0.1) is 18.4 Å². The summed E-state index contributed by atoms with van der Waals surface area (Å²) >= 11 is 1.34. The van der Waals surface area contributed by atoms with Crippen molar-refractivity contribution in [3.63, 3.8) is 0 Å². The van der Waals surface area contributed by atoms with Crippen LogP contribution in [0.2, 0.25) is 0 Å². The summed E-state index contributed by atoms with van der Waals surface area (Å²) in [7, 11) is 0. The van der Waals surface area contributed by atoms with E-state index in [1.165, 1.54) is 18.0 Å². The molecule has 5 nitrogen and oxygen atoms in total. The van der Waals surface area contributed by atoms with Crippen LogP contribution in [0, 0.1) is 19.7 Å². The zero-order chi connectivity index (χ0) is 15.0. The monoisotopic (exact) mass is 307 g/mol. The number of ether oxygens (including phenoxy) is 1. The molecular weight excluding hydrogens is 293 g/mol. The highest BCUT2D eigenvalue weighted by atomic mass is 32.2. The summed E-state index contributed by atoms with van der Waals surface area (Å²) in [5.74, 6) is 0.575. The minimum Gasteiger partial charge on any atom is -0.477 e. The van der Waals surface area contributed by atoms with E-state index in [1.807, 2.05) is 6.92 Å². The molecule has 0 aromatic carbocycles. The second kappa shape index (κ2) is 5.48. The van der Waals surface area contributed by atoms with E-state index in [0.717, 1.165) is 11.3 Å². The summed E-state index contributed by atoms with van der Waals surface area (Å²) in [6, 6.07) is 0. The predicted molar refractivity (Wildman–Crippen MR) is 77.3 cm³/mol. The van der Waals surface area contributed by atoms with Crippen molar-refractivity contribution in [1.82, 2.24) is 15.0 Å². The number of nitrogens with zero attached hydrogens (tertiary/aromatic N) is 2. The predicted octanol–water partition coefficient (Wildman–Crippen LogP) is 2.15. The fourth-order valence-electron chi connectivity index (χ4n) is 2.21. The van der Waals surface area contributed by atoms with E-state index in [4.69, 9.17) is 4.74 Å². The van der Waals surface area contributed by atoms with Gasteiger partial charge in [-0.2, -0.15) is 4.98 Å². The third kappa shape index (κ3) is 2.65. The van der Waals surface area contributed by atoms with Crippen LogP contribution >= 0.6 is 11.8 Å². The lowest BCUT2D eigenvalue weighted by atomic mass is 10.1. The van der Waals surface area contributed by atoms with Crippen LogP contribution in [0.5, 0.6) is 5.88 Å². The molecule has 1 N–H and O–H groups in total. The molecule has 1 aliphatic heterocycles. The van der Waals surface area contributed by atoms with E-state index in [1.54, 1.807) is 6.92 Å². The van der Waals surface area contributed by atoms with Crippen LogP contribution in [0.25, 0.3) is 0 Å². The van der Waals surface area contributed by atoms with Gasteiger partial charge in [0, 0.05) is 17.9 Å². The molecule has 0 spiro atoms. The Morgan fingerprint density at radius 3 is 3.10 bits per heavy atom. The van der Waals surface area contributed by atoms with Crippen LogP contribution in [-0.2, 0) is 12.2 Å². The number of nitrogens with one attached hydrogen (secondary N) is 1. The highest BCUT2D eigenvalue weighted by molar-refractivity contribution is 7.98. The quantitative estimate of drug-likeness (QED) is 0.695. The van der Waals surface area contributed by atoms with Crippen LogP contribution in [0.3, 0.4) is 0 Å². The SMILES string of the molecule is Cc1ncc(F)c(C)c1CSc1nc2c(c(=O)[nH]1)CCO2. The zero-order valence-electron chi connectivity index (χ0n) is 11.7. The number of thioether (sulfide) groups is 1. The Labute approximate surface area is 125 Å². The number of rotatable bonds is 3. The second-order valence-corrected chi connectivity index (χ2v) is 5.80. The number of pyridine rings is 1. The molecule has 0 atom stereocenters. The van der Waals surface area contributed by atoms with Gasteiger partial charge in [0.15, 0.2) is 5.16 Å². The van der Waals surface area contributed by atoms with E-state index in [2.05, 4.69) is 15.0 Å². The highest BCUT2D eigenvalue weighted by Crippen LogP contribution is 2.26. The molecule has 0 amide bonds. The molecule has 1 aliphatic rings. The average Bonchev–Trinajstić information content (AvgIpc) is 2.92. The van der Waals surface area contributed by atoms with Crippen molar-refractivity contribution in [2.75, 3.05) is 6.61 Å². The highest BCUT2D eigenvalue weighted by Gasteiger charge is 2.19. The largest absolute Gasteiger partial charge is 0.477 e. The molecule has 0 saturated heterocycles. The molecule has 2 aromatic heterocycles. The van der Waals surface area contributed by atoms with Crippen molar-refractivity contribution in [3.05, 3.63) is 44.8 Å². The first-order chi connectivity index (χ1) is 10.1. The first kappa shape index (κ1) is 14.1. The van der Waals surface area contributed by atoms with Gasteiger partial charge in [-0.25, -0.2) is 4.39 Å². The maximum atomic E-state index is 13.6. The molecule has 0 bridgehead atoms. The van der Waals surface area contributed by atoms with Gasteiger partial charge >= 0.3 is 0 Å². The molecule has 0 radical (unpaired) electrons. The van der Waals surface area contributed by atoms with Crippen LogP contribution in [0.15, 0.2) is 16.1 Å². The number of hydrogen-bond donors (Lipinski definition) is 1. The average molecular weight is 307 g/mol. The van der Waals surface area contributed by atoms with Gasteiger partial charge < -0.3 is 9.72 Å². The maximum absolute atomic E-state index is 13.6. The number of H-pyrrole nitrogens is 1. The maximum Gasteiger partial charge on any atom is 0.258 e. The molecule has 21 heavy (non-hydrogen) atoms. The van der Waals surface area contributed by atoms with Crippen molar-refractivity contribution in [3.8, 4) is 5.88 Å². The van der Waals surface area contributed by atoms with Crippen LogP contribution in [0.1, 0.15) is 22.4 Å². The fourth-order valence-corrected chi connectivity index (χ4v) is 3.23. The van der Waals surface area contributed by atoms with Crippen molar-refractivity contribution >= 4 is 11.8 Å². The van der Waals surface area contributed by atoms with E-state index in [-0.39, 0.29) is 11.4 Å². The van der Waals surface area contributed by atoms with E-state index in [0.29, 0.717) is 40.9 Å². The van der Waals surface area contributed by atoms with Gasteiger partial charge in [-0.15, -0.1) is 0 Å². The summed E-state index contributed by atoms with van der Waals surface area (Å²) < 4.78 is 18.9. The van der Waals surface area contributed by atoms with Crippen molar-refractivity contribution in [2.24, 2.45) is 0 Å². The molecule has 2 aromatic rings. The number of aromatic amines is 1. The zero-order valence-corrected chi connectivity index (χ0v) is 12.5. The number of halogens is 1. The lowest BCUT2D eigenvalue weighted by Gasteiger charge is -2.09. The van der Waals surface area contributed by atoms with Crippen molar-refractivity contribution in [1.29, 1.82) is 0 Å². The third-order valence-electron chi connectivity index (χ3n) is 3.52. The Balaban J connectivity index is 1.85. The summed E-state index contributed by atoms with van der Waals surface area (Å²) in [6.45, 7) is 4.05. The molecule has 0 saturated carbocycles. The van der Waals surface area contributed by atoms with Crippen LogP contribution in [-0.4, -0.2) is 21.6 Å². The van der Waals surface area contributed by atoms with Crippen molar-refractivity contribution < 1.29 is 9.13 Å². The van der Waals surface area contributed by atoms with E-state index < -0.39 is 0 Å². The van der Waals surface area contributed by atoms with Crippen LogP contribution in [0.4, 0.5) is 4.39 Å². The normalized spacial score (nSPS) is 13.1. The topological polar surface area (TPSA) is 67.9 Å². The van der Waals surface area contributed by atoms with Gasteiger partial charge in [-0.3, -0.25) is 9.78 Å². The van der Waals surface area contributed by atoms with Gasteiger partial charge in [0.2, 0.25) is 5.88 Å². The molecule has 7 heteroatoms. The number of aromatic nitrogens is 3. The van der Waals surface area contributed by atoms with E-state index in [9.17, 15) is 9.18 Å². The molecule has 110 valence electrons. The van der Waals surface area contributed by atoms with E-state index >= 15 is 0 Å². The Hall–Kier alpha value is -1.89. The molecule has 0 unspecified atom stereocenters. The summed E-state index contributed by atoms with van der Waals surface area (Å²) in [5, 5.41) is 0.476. The Morgan fingerprint density at radius 2 is 2.29 bits per heavy atom. The lowest BCUT2D eigenvalue weighted by molar-refractivity contribution is 0.342. The second-order valence-electron chi connectivity index (χ2n) is 4.84. The minimum absolute atomic E-state index is 0.161. The fraction of sp³-hybridized carbons (Fsp3) is 0.357. The Morgan fingerprint density at radius 1 is 1.48 bits per heavy atom. The standard InChI is InChI=1S/C14H14FN3O2S/c1-7-10(8(2)16-5-11(7)15)6-21-14-17-12(19)9-3-4-20-13(9)18-14/h5H,3-4,6H2,1-2H3,(H,17,18,19). The summed E-state index contributed by atoms with van der Waals surface area (Å²) in [6.07, 6.45) is 1.82. The molecule has 3 rings (SSSR count). The molecule has 0 aliphatic carbocycles. The summed E-state index contributed by atoms with van der Waals surface area (Å²) in [5.41, 5.74) is 2.62. The molecular formula is C14H14FN3O2S. The lowest BCUT2D eigenvalue weighted by Crippen LogP contribution is -2.12. The number of hydrogen-bond acceptors (Lipinski definition) is 5. The number of aryl methyl sites for hydroxylation is 1. The van der Waals surface area contributed by atoms with Crippen LogP contribution < -0.4 is 10.3 Å². The summed E-state index contributed by atoms with van der Waals surface area (Å²) in [4.78, 5) is 22.9. The minimum atomic E-state index is -0.324. The van der Waals surface area contributed by atoms with Crippen molar-refractivity contribution in [2.45, 2.75) is 31.2 Å². The first-order valence-electron chi connectivity index (χ1n) is 6.55. The molecule has 3 heterocycles. The Bertz CT molecular complexity index is 761. The van der Waals surface area contributed by atoms with Gasteiger partial charge in [-0.05, 0) is 25.0 Å². The van der Waals surface area contributed by atoms with Gasteiger partial charge in [-0.1, -0.05) is 11.8 Å². The van der Waals surface area contributed by atoms with Gasteiger partial charge in [0.25, 0.3) is 5.56 Å². The first-order valence-corrected chi connectivity index (χ1v) is 7.54. The Kier molecular flexibility index (Phi) is 3.67. The number of fused-ring (bicyclic) bond motifs is 1. The smallest absolute Gasteiger partial charge is 0.258 e. The molecule has 0 fully saturated rings. The van der Waals surface area contributed by atoms with Gasteiger partial charge in [0.1, 0.15) is 5.82 Å². The third-order valence-corrected chi connectivity index (χ3v) is 4.42.